The lowest BCUT2D eigenvalue weighted by Crippen LogP contribution is -2.25. The Morgan fingerprint density at radius 3 is 2.84 bits per heavy atom. The van der Waals surface area contributed by atoms with E-state index in [9.17, 15) is 0 Å². The second kappa shape index (κ2) is 6.76. The fourth-order valence-corrected chi connectivity index (χ4v) is 3.12. The molecule has 0 aliphatic carbocycles. The van der Waals surface area contributed by atoms with Crippen molar-refractivity contribution in [1.29, 1.82) is 0 Å². The molecule has 0 atom stereocenters. The SMILES string of the molecule is COc1ccccc1Nc1nncc(N2CCCc3ccccc32)n1. The smallest absolute Gasteiger partial charge is 0.249 e. The molecule has 0 unspecified atom stereocenters. The van der Waals surface area contributed by atoms with Gasteiger partial charge in [0.1, 0.15) is 5.75 Å². The lowest BCUT2D eigenvalue weighted by molar-refractivity contribution is 0.417. The molecule has 1 aromatic heterocycles. The van der Waals surface area contributed by atoms with Gasteiger partial charge in [0.25, 0.3) is 0 Å². The molecule has 0 fully saturated rings. The van der Waals surface area contributed by atoms with Gasteiger partial charge in [0.05, 0.1) is 19.0 Å². The molecule has 0 amide bonds. The Morgan fingerprint density at radius 1 is 1.08 bits per heavy atom. The minimum Gasteiger partial charge on any atom is -0.495 e. The Labute approximate surface area is 146 Å². The number of ether oxygens (including phenoxy) is 1. The van der Waals surface area contributed by atoms with Gasteiger partial charge in [-0.25, -0.2) is 0 Å². The molecule has 126 valence electrons. The zero-order chi connectivity index (χ0) is 17.1. The van der Waals surface area contributed by atoms with Gasteiger partial charge >= 0.3 is 0 Å². The van der Waals surface area contributed by atoms with Gasteiger partial charge in [0.2, 0.25) is 5.95 Å². The minimum atomic E-state index is 0.449. The van der Waals surface area contributed by atoms with Gasteiger partial charge in [-0.05, 0) is 36.6 Å². The van der Waals surface area contributed by atoms with E-state index in [0.717, 1.165) is 36.6 Å². The van der Waals surface area contributed by atoms with Crippen LogP contribution in [0.1, 0.15) is 12.0 Å². The highest BCUT2D eigenvalue weighted by atomic mass is 16.5. The normalized spacial score (nSPS) is 13.2. The number of methoxy groups -OCH3 is 1. The third kappa shape index (κ3) is 3.10. The van der Waals surface area contributed by atoms with Crippen molar-refractivity contribution in [3.05, 3.63) is 60.3 Å². The van der Waals surface area contributed by atoms with Crippen molar-refractivity contribution in [2.45, 2.75) is 12.8 Å². The van der Waals surface area contributed by atoms with E-state index in [1.54, 1.807) is 13.3 Å². The van der Waals surface area contributed by atoms with E-state index in [2.05, 4.69) is 49.7 Å². The van der Waals surface area contributed by atoms with Crippen LogP contribution in [0.2, 0.25) is 0 Å². The molecule has 3 aromatic rings. The minimum absolute atomic E-state index is 0.449. The van der Waals surface area contributed by atoms with Crippen molar-refractivity contribution in [3.63, 3.8) is 0 Å². The summed E-state index contributed by atoms with van der Waals surface area (Å²) in [7, 11) is 1.64. The fourth-order valence-electron chi connectivity index (χ4n) is 3.12. The van der Waals surface area contributed by atoms with E-state index in [1.165, 1.54) is 11.3 Å². The van der Waals surface area contributed by atoms with Gasteiger partial charge in [-0.3, -0.25) is 0 Å². The van der Waals surface area contributed by atoms with Crippen LogP contribution in [0.5, 0.6) is 5.75 Å². The van der Waals surface area contributed by atoms with Gasteiger partial charge in [-0.2, -0.15) is 10.1 Å². The van der Waals surface area contributed by atoms with Crippen LogP contribution in [0.25, 0.3) is 0 Å². The number of nitrogens with one attached hydrogen (secondary N) is 1. The number of anilines is 4. The predicted octanol–water partition coefficient (Wildman–Crippen LogP) is 3.71. The van der Waals surface area contributed by atoms with Crippen LogP contribution < -0.4 is 15.0 Å². The van der Waals surface area contributed by atoms with Crippen LogP contribution in [0, 0.1) is 0 Å². The topological polar surface area (TPSA) is 63.2 Å². The first kappa shape index (κ1) is 15.4. The molecule has 0 saturated carbocycles. The molecule has 2 aromatic carbocycles. The number of para-hydroxylation sites is 3. The maximum Gasteiger partial charge on any atom is 0.249 e. The summed E-state index contributed by atoms with van der Waals surface area (Å²) in [6.07, 6.45) is 3.89. The molecule has 6 nitrogen and oxygen atoms in total. The monoisotopic (exact) mass is 333 g/mol. The van der Waals surface area contributed by atoms with Gasteiger partial charge < -0.3 is 15.0 Å². The third-order valence-corrected chi connectivity index (χ3v) is 4.29. The Hall–Kier alpha value is -3.15. The molecule has 0 radical (unpaired) electrons. The van der Waals surface area contributed by atoms with Crippen molar-refractivity contribution in [2.75, 3.05) is 23.9 Å². The fraction of sp³-hybridized carbons (Fsp3) is 0.211. The molecule has 2 heterocycles. The Kier molecular flexibility index (Phi) is 4.16. The van der Waals surface area contributed by atoms with E-state index in [-0.39, 0.29) is 0 Å². The number of benzene rings is 2. The summed E-state index contributed by atoms with van der Waals surface area (Å²) >= 11 is 0. The third-order valence-electron chi connectivity index (χ3n) is 4.29. The number of rotatable bonds is 4. The molecule has 1 aliphatic heterocycles. The first-order valence-corrected chi connectivity index (χ1v) is 8.30. The van der Waals surface area contributed by atoms with Crippen molar-refractivity contribution < 1.29 is 4.74 Å². The van der Waals surface area contributed by atoms with E-state index in [4.69, 9.17) is 4.74 Å². The maximum absolute atomic E-state index is 5.36. The van der Waals surface area contributed by atoms with Crippen LogP contribution in [0.3, 0.4) is 0 Å². The van der Waals surface area contributed by atoms with Crippen LogP contribution in [0.15, 0.2) is 54.7 Å². The number of fused-ring (bicyclic) bond motifs is 1. The molecule has 4 rings (SSSR count). The summed E-state index contributed by atoms with van der Waals surface area (Å²) in [6.45, 7) is 0.920. The summed E-state index contributed by atoms with van der Waals surface area (Å²) in [5.74, 6) is 1.98. The average Bonchev–Trinajstić information content (AvgIpc) is 2.68. The quantitative estimate of drug-likeness (QED) is 0.785. The zero-order valence-corrected chi connectivity index (χ0v) is 14.0. The van der Waals surface area contributed by atoms with Crippen LogP contribution in [0.4, 0.5) is 23.1 Å². The van der Waals surface area contributed by atoms with Crippen LogP contribution in [-0.2, 0) is 6.42 Å². The van der Waals surface area contributed by atoms with E-state index >= 15 is 0 Å². The molecule has 0 bridgehead atoms. The number of nitrogens with zero attached hydrogens (tertiary/aromatic N) is 4. The standard InChI is InChI=1S/C19H19N5O/c1-25-17-11-5-3-9-15(17)21-19-22-18(13-20-23-19)24-12-6-8-14-7-2-4-10-16(14)24/h2-5,7,9-11,13H,6,8,12H2,1H3,(H,21,22,23). The average molecular weight is 333 g/mol. The first-order chi connectivity index (χ1) is 12.3. The van der Waals surface area contributed by atoms with Crippen LogP contribution in [-0.4, -0.2) is 28.8 Å². The molecule has 0 saturated heterocycles. The Morgan fingerprint density at radius 2 is 1.92 bits per heavy atom. The zero-order valence-electron chi connectivity index (χ0n) is 14.0. The Balaban J connectivity index is 1.65. The van der Waals surface area contributed by atoms with E-state index in [1.807, 2.05) is 24.3 Å². The molecular formula is C19H19N5O. The number of hydrogen-bond acceptors (Lipinski definition) is 6. The van der Waals surface area contributed by atoms with E-state index in [0.29, 0.717) is 5.95 Å². The summed E-state index contributed by atoms with van der Waals surface area (Å²) in [4.78, 5) is 6.85. The van der Waals surface area contributed by atoms with Crippen molar-refractivity contribution in [2.24, 2.45) is 0 Å². The number of aromatic nitrogens is 3. The summed E-state index contributed by atoms with van der Waals surface area (Å²) in [5, 5.41) is 11.4. The molecule has 1 aliphatic rings. The molecule has 6 heteroatoms. The molecular weight excluding hydrogens is 314 g/mol. The highest BCUT2D eigenvalue weighted by Gasteiger charge is 2.19. The molecule has 1 N–H and O–H groups in total. The molecule has 25 heavy (non-hydrogen) atoms. The highest BCUT2D eigenvalue weighted by Crippen LogP contribution is 2.32. The van der Waals surface area contributed by atoms with Gasteiger partial charge in [-0.1, -0.05) is 30.3 Å². The number of aryl methyl sites for hydroxylation is 1. The first-order valence-electron chi connectivity index (χ1n) is 8.30. The lowest BCUT2D eigenvalue weighted by Gasteiger charge is -2.30. The van der Waals surface area contributed by atoms with Gasteiger partial charge in [-0.15, -0.1) is 5.10 Å². The maximum atomic E-state index is 5.36. The van der Waals surface area contributed by atoms with Gasteiger partial charge in [0.15, 0.2) is 5.82 Å². The van der Waals surface area contributed by atoms with Crippen molar-refractivity contribution in [3.8, 4) is 5.75 Å². The Bertz CT molecular complexity index is 883. The summed E-state index contributed by atoms with van der Waals surface area (Å²) < 4.78 is 5.36. The number of hydrogen-bond donors (Lipinski definition) is 1. The van der Waals surface area contributed by atoms with Crippen molar-refractivity contribution in [1.82, 2.24) is 15.2 Å². The van der Waals surface area contributed by atoms with Crippen LogP contribution >= 0.6 is 0 Å². The predicted molar refractivity (Wildman–Crippen MR) is 97.9 cm³/mol. The second-order valence-corrected chi connectivity index (χ2v) is 5.85. The molecule has 0 spiro atoms. The second-order valence-electron chi connectivity index (χ2n) is 5.85. The lowest BCUT2D eigenvalue weighted by atomic mass is 10.0. The largest absolute Gasteiger partial charge is 0.495 e. The van der Waals surface area contributed by atoms with E-state index < -0.39 is 0 Å². The van der Waals surface area contributed by atoms with Crippen molar-refractivity contribution >= 4 is 23.1 Å². The summed E-state index contributed by atoms with van der Waals surface area (Å²) in [6, 6.07) is 16.1. The summed E-state index contributed by atoms with van der Waals surface area (Å²) in [5.41, 5.74) is 3.34. The highest BCUT2D eigenvalue weighted by molar-refractivity contribution is 5.67. The van der Waals surface area contributed by atoms with Gasteiger partial charge in [0, 0.05) is 12.2 Å².